The molecule has 0 bridgehead atoms. The van der Waals surface area contributed by atoms with Crippen molar-refractivity contribution in [1.29, 1.82) is 0 Å². The molecule has 0 amide bonds. The van der Waals surface area contributed by atoms with Crippen LogP contribution < -0.4 is 5.73 Å². The van der Waals surface area contributed by atoms with E-state index in [2.05, 4.69) is 34.2 Å². The summed E-state index contributed by atoms with van der Waals surface area (Å²) in [5.41, 5.74) is 9.19. The predicted molar refractivity (Wildman–Crippen MR) is 161 cm³/mol. The van der Waals surface area contributed by atoms with Crippen LogP contribution in [-0.4, -0.2) is 52.9 Å². The molecule has 0 spiro atoms. The lowest BCUT2D eigenvalue weighted by Gasteiger charge is -2.44. The first-order valence-electron chi connectivity index (χ1n) is 14.2. The van der Waals surface area contributed by atoms with Gasteiger partial charge in [0.2, 0.25) is 0 Å². The number of nitro groups is 1. The fourth-order valence-corrected chi connectivity index (χ4v) is 5.76. The fourth-order valence-electron chi connectivity index (χ4n) is 5.76. The summed E-state index contributed by atoms with van der Waals surface area (Å²) in [5, 5.41) is 11.6. The molecule has 3 aromatic carbocycles. The Morgan fingerprint density at radius 1 is 0.977 bits per heavy atom. The molecular formula is C33H34N4O6. The zero-order chi connectivity index (χ0) is 30.7. The van der Waals surface area contributed by atoms with Gasteiger partial charge in [0.25, 0.3) is 5.69 Å². The Morgan fingerprint density at radius 3 is 2.14 bits per heavy atom. The van der Waals surface area contributed by atoms with Crippen molar-refractivity contribution in [1.82, 2.24) is 4.90 Å². The number of carbonyl (C=O) groups is 2. The molecule has 0 radical (unpaired) electrons. The Balaban J connectivity index is 1.41. The van der Waals surface area contributed by atoms with Crippen LogP contribution in [0.25, 0.3) is 0 Å². The van der Waals surface area contributed by atoms with Gasteiger partial charge in [-0.1, -0.05) is 72.8 Å². The van der Waals surface area contributed by atoms with Gasteiger partial charge in [-0.3, -0.25) is 19.8 Å². The molecule has 43 heavy (non-hydrogen) atoms. The Labute approximate surface area is 250 Å². The highest BCUT2D eigenvalue weighted by atomic mass is 16.6. The monoisotopic (exact) mass is 582 g/mol. The molecule has 2 aliphatic rings. The lowest BCUT2D eigenvalue weighted by Crippen LogP contribution is -2.55. The van der Waals surface area contributed by atoms with Gasteiger partial charge in [0, 0.05) is 31.1 Å². The Bertz CT molecular complexity index is 1520. The van der Waals surface area contributed by atoms with Crippen LogP contribution in [-0.2, 0) is 19.1 Å². The van der Waals surface area contributed by atoms with Gasteiger partial charge in [0.05, 0.1) is 28.3 Å². The van der Waals surface area contributed by atoms with Crippen molar-refractivity contribution in [3.8, 4) is 0 Å². The molecular weight excluding hydrogens is 548 g/mol. The number of nitrogens with zero attached hydrogens (tertiary/aromatic N) is 3. The minimum atomic E-state index is -1.17. The number of nitrogens with two attached hydrogens (primary N) is 1. The highest BCUT2D eigenvalue weighted by Gasteiger charge is 2.46. The number of esters is 2. The molecule has 1 fully saturated rings. The molecule has 2 atom stereocenters. The number of hydrogen-bond donors (Lipinski definition) is 1. The molecule has 0 saturated carbocycles. The number of rotatable bonds is 9. The fraction of sp³-hybridized carbons (Fsp3) is 0.303. The quantitative estimate of drug-likeness (QED) is 0.214. The van der Waals surface area contributed by atoms with Crippen LogP contribution in [0.15, 0.2) is 101 Å². The second kappa shape index (κ2) is 12.6. The third kappa shape index (κ3) is 6.34. The van der Waals surface area contributed by atoms with E-state index in [0.29, 0.717) is 18.7 Å². The second-order valence-corrected chi connectivity index (χ2v) is 11.0. The van der Waals surface area contributed by atoms with Crippen molar-refractivity contribution in [2.75, 3.05) is 13.1 Å². The van der Waals surface area contributed by atoms with Gasteiger partial charge in [0.1, 0.15) is 17.9 Å². The number of allylic oxidation sites excluding steroid dienone is 1. The van der Waals surface area contributed by atoms with Crippen LogP contribution in [0.4, 0.5) is 5.69 Å². The zero-order valence-corrected chi connectivity index (χ0v) is 24.3. The number of aliphatic imine (C=N–C) groups is 1. The van der Waals surface area contributed by atoms with Crippen LogP contribution in [0.5, 0.6) is 0 Å². The van der Waals surface area contributed by atoms with E-state index in [-0.39, 0.29) is 28.8 Å². The first-order valence-corrected chi connectivity index (χ1v) is 14.2. The first kappa shape index (κ1) is 29.7. The largest absolute Gasteiger partial charge is 0.460 e. The first-order chi connectivity index (χ1) is 20.6. The van der Waals surface area contributed by atoms with E-state index in [9.17, 15) is 19.7 Å². The molecule has 5 rings (SSSR count). The number of carbonyl (C=O) groups excluding carboxylic acids is 2. The van der Waals surface area contributed by atoms with E-state index < -0.39 is 40.9 Å². The zero-order valence-electron chi connectivity index (χ0n) is 24.3. The molecule has 1 saturated heterocycles. The third-order valence-corrected chi connectivity index (χ3v) is 7.66. The van der Waals surface area contributed by atoms with E-state index in [4.69, 9.17) is 15.2 Å². The number of non-ortho nitro benzene ring substituents is 1. The number of amidine groups is 1. The summed E-state index contributed by atoms with van der Waals surface area (Å²) in [4.78, 5) is 44.7. The van der Waals surface area contributed by atoms with Gasteiger partial charge < -0.3 is 15.2 Å². The van der Waals surface area contributed by atoms with Gasteiger partial charge in [-0.15, -0.1) is 0 Å². The van der Waals surface area contributed by atoms with E-state index in [1.54, 1.807) is 26.8 Å². The maximum Gasteiger partial charge on any atom is 0.336 e. The molecule has 2 aliphatic heterocycles. The second-order valence-electron chi connectivity index (χ2n) is 11.0. The molecule has 10 nitrogen and oxygen atoms in total. The van der Waals surface area contributed by atoms with Crippen molar-refractivity contribution in [3.63, 3.8) is 0 Å². The molecule has 2 N–H and O–H groups in total. The maximum absolute atomic E-state index is 13.8. The van der Waals surface area contributed by atoms with Crippen LogP contribution in [0.3, 0.4) is 0 Å². The van der Waals surface area contributed by atoms with Crippen molar-refractivity contribution in [2.24, 2.45) is 16.6 Å². The highest BCUT2D eigenvalue weighted by molar-refractivity contribution is 6.06. The molecule has 0 aromatic heterocycles. The molecule has 3 aromatic rings. The number of benzene rings is 3. The standard InChI is InChI=1S/C33H34N4O6/c1-20(2)42-32(38)27-21(3)35-31(34)29(28(27)24-15-10-16-25(17-24)37(40)41)33(39)43-26-18-36(19-26)30(22-11-6-4-7-12-22)23-13-8-5-9-14-23/h4-17,20,26,28-30H,18-19H2,1-3H3,(H2,34,35). The topological polar surface area (TPSA) is 137 Å². The SMILES string of the molecule is CC1=C(C(=O)OC(C)C)C(c2cccc([N+](=O)[O-])c2)C(C(=O)OC2CN(C(c3ccccc3)c3ccccc3)C2)C(N)=N1. The normalized spacial score (nSPS) is 19.1. The number of likely N-dealkylation sites (tertiary alicyclic amines) is 1. The number of nitro benzene ring substituents is 1. The van der Waals surface area contributed by atoms with E-state index >= 15 is 0 Å². The van der Waals surface area contributed by atoms with Gasteiger partial charge >= 0.3 is 11.9 Å². The lowest BCUT2D eigenvalue weighted by molar-refractivity contribution is -0.384. The van der Waals surface area contributed by atoms with Crippen molar-refractivity contribution in [3.05, 3.63) is 123 Å². The van der Waals surface area contributed by atoms with E-state index in [0.717, 1.165) is 11.1 Å². The van der Waals surface area contributed by atoms with Crippen LogP contribution in [0.2, 0.25) is 0 Å². The number of hydrogen-bond acceptors (Lipinski definition) is 9. The molecule has 2 unspecified atom stereocenters. The minimum Gasteiger partial charge on any atom is -0.460 e. The Morgan fingerprint density at radius 2 is 1.58 bits per heavy atom. The van der Waals surface area contributed by atoms with E-state index in [1.165, 1.54) is 18.2 Å². The highest BCUT2D eigenvalue weighted by Crippen LogP contribution is 2.41. The van der Waals surface area contributed by atoms with Crippen molar-refractivity contribution >= 4 is 23.5 Å². The van der Waals surface area contributed by atoms with Crippen LogP contribution >= 0.6 is 0 Å². The summed E-state index contributed by atoms with van der Waals surface area (Å²) in [6.07, 6.45) is -0.852. The van der Waals surface area contributed by atoms with Gasteiger partial charge in [0.15, 0.2) is 0 Å². The molecule has 2 heterocycles. The molecule has 0 aliphatic carbocycles. The average Bonchev–Trinajstić information content (AvgIpc) is 2.96. The summed E-state index contributed by atoms with van der Waals surface area (Å²) in [5.74, 6) is -3.49. The molecule has 10 heteroatoms. The van der Waals surface area contributed by atoms with Crippen LogP contribution in [0.1, 0.15) is 49.4 Å². The van der Waals surface area contributed by atoms with Crippen LogP contribution in [0, 0.1) is 16.0 Å². The summed E-state index contributed by atoms with van der Waals surface area (Å²) in [6, 6.07) is 26.1. The van der Waals surface area contributed by atoms with E-state index in [1.807, 2.05) is 36.4 Å². The smallest absolute Gasteiger partial charge is 0.336 e. The summed E-state index contributed by atoms with van der Waals surface area (Å²) in [6.45, 7) is 6.00. The summed E-state index contributed by atoms with van der Waals surface area (Å²) < 4.78 is 11.5. The van der Waals surface area contributed by atoms with Gasteiger partial charge in [-0.25, -0.2) is 9.79 Å². The summed E-state index contributed by atoms with van der Waals surface area (Å²) >= 11 is 0. The van der Waals surface area contributed by atoms with Gasteiger partial charge in [-0.2, -0.15) is 0 Å². The van der Waals surface area contributed by atoms with Crippen molar-refractivity contribution in [2.45, 2.75) is 44.9 Å². The lowest BCUT2D eigenvalue weighted by atomic mass is 9.77. The van der Waals surface area contributed by atoms with Crippen molar-refractivity contribution < 1.29 is 24.0 Å². The minimum absolute atomic E-state index is 0.0146. The summed E-state index contributed by atoms with van der Waals surface area (Å²) in [7, 11) is 0. The van der Waals surface area contributed by atoms with Gasteiger partial charge in [-0.05, 0) is 37.5 Å². The Kier molecular flexibility index (Phi) is 8.68. The maximum atomic E-state index is 13.8. The third-order valence-electron chi connectivity index (χ3n) is 7.66. The average molecular weight is 583 g/mol. The molecule has 222 valence electrons. The number of ether oxygens (including phenoxy) is 2. The Hall–Kier alpha value is -4.83. The predicted octanol–water partition coefficient (Wildman–Crippen LogP) is 4.91.